The van der Waals surface area contributed by atoms with E-state index in [9.17, 15) is 14.4 Å². The molecule has 114 valence electrons. The summed E-state index contributed by atoms with van der Waals surface area (Å²) < 4.78 is 5.06. The Labute approximate surface area is 125 Å². The van der Waals surface area contributed by atoms with Gasteiger partial charge < -0.3 is 20.2 Å². The molecule has 0 radical (unpaired) electrons. The summed E-state index contributed by atoms with van der Waals surface area (Å²) in [5.41, 5.74) is 5.27. The molecule has 7 nitrogen and oxygen atoms in total. The molecule has 1 aliphatic heterocycles. The van der Waals surface area contributed by atoms with Crippen molar-refractivity contribution >= 4 is 29.5 Å². The van der Waals surface area contributed by atoms with Crippen molar-refractivity contribution in [2.45, 2.75) is 17.9 Å². The SMILES string of the molecule is NC(=O)C1CCCN(C(=O)CSc2ccc(C(=O)O)o2)C1. The van der Waals surface area contributed by atoms with Crippen molar-refractivity contribution in [2.24, 2.45) is 11.7 Å². The van der Waals surface area contributed by atoms with Crippen LogP contribution in [0, 0.1) is 5.92 Å². The van der Waals surface area contributed by atoms with Crippen LogP contribution in [0.2, 0.25) is 0 Å². The van der Waals surface area contributed by atoms with Crippen molar-refractivity contribution in [3.05, 3.63) is 17.9 Å². The fraction of sp³-hybridized carbons (Fsp3) is 0.462. The van der Waals surface area contributed by atoms with E-state index in [1.807, 2.05) is 0 Å². The third kappa shape index (κ3) is 4.01. The van der Waals surface area contributed by atoms with Crippen molar-refractivity contribution in [1.82, 2.24) is 4.90 Å². The normalized spacial score (nSPS) is 18.5. The van der Waals surface area contributed by atoms with Gasteiger partial charge in [-0.3, -0.25) is 9.59 Å². The van der Waals surface area contributed by atoms with Gasteiger partial charge in [0.25, 0.3) is 0 Å². The Bertz CT molecular complexity index is 557. The second-order valence-corrected chi connectivity index (χ2v) is 5.77. The number of carbonyl (C=O) groups excluding carboxylic acids is 2. The van der Waals surface area contributed by atoms with Crippen LogP contribution in [0.25, 0.3) is 0 Å². The maximum absolute atomic E-state index is 12.1. The van der Waals surface area contributed by atoms with Crippen LogP contribution in [0.4, 0.5) is 0 Å². The third-order valence-electron chi connectivity index (χ3n) is 3.31. The lowest BCUT2D eigenvalue weighted by atomic mass is 9.97. The molecule has 0 bridgehead atoms. The molecule has 1 fully saturated rings. The van der Waals surface area contributed by atoms with E-state index in [0.29, 0.717) is 24.6 Å². The predicted octanol–water partition coefficient (Wildman–Crippen LogP) is 0.794. The lowest BCUT2D eigenvalue weighted by molar-refractivity contribution is -0.132. The number of aromatic carboxylic acids is 1. The van der Waals surface area contributed by atoms with Crippen molar-refractivity contribution < 1.29 is 23.9 Å². The Morgan fingerprint density at radius 3 is 2.81 bits per heavy atom. The first-order valence-corrected chi connectivity index (χ1v) is 7.49. The third-order valence-corrected chi connectivity index (χ3v) is 4.20. The number of amides is 2. The van der Waals surface area contributed by atoms with E-state index in [1.54, 1.807) is 4.90 Å². The second kappa shape index (κ2) is 6.66. The number of furan rings is 1. The summed E-state index contributed by atoms with van der Waals surface area (Å²) in [7, 11) is 0. The number of carbonyl (C=O) groups is 3. The molecule has 21 heavy (non-hydrogen) atoms. The molecule has 1 aromatic rings. The molecular weight excluding hydrogens is 296 g/mol. The summed E-state index contributed by atoms with van der Waals surface area (Å²) in [4.78, 5) is 35.5. The number of piperidine rings is 1. The van der Waals surface area contributed by atoms with Gasteiger partial charge >= 0.3 is 5.97 Å². The Morgan fingerprint density at radius 1 is 1.43 bits per heavy atom. The Kier molecular flexibility index (Phi) is 4.89. The summed E-state index contributed by atoms with van der Waals surface area (Å²) in [6.45, 7) is 0.967. The summed E-state index contributed by atoms with van der Waals surface area (Å²) in [6.07, 6.45) is 1.47. The Balaban J connectivity index is 1.86. The van der Waals surface area contributed by atoms with Gasteiger partial charge in [-0.1, -0.05) is 11.8 Å². The van der Waals surface area contributed by atoms with Gasteiger partial charge in [-0.25, -0.2) is 4.79 Å². The van der Waals surface area contributed by atoms with Crippen LogP contribution in [0.1, 0.15) is 23.4 Å². The minimum atomic E-state index is -1.14. The smallest absolute Gasteiger partial charge is 0.371 e. The van der Waals surface area contributed by atoms with Crippen LogP contribution in [-0.4, -0.2) is 46.6 Å². The molecule has 0 spiro atoms. The second-order valence-electron chi connectivity index (χ2n) is 4.79. The molecule has 0 aliphatic carbocycles. The molecule has 2 rings (SSSR count). The topological polar surface area (TPSA) is 114 Å². The molecule has 0 saturated carbocycles. The molecule has 8 heteroatoms. The molecule has 1 unspecified atom stereocenters. The van der Waals surface area contributed by atoms with Gasteiger partial charge in [0, 0.05) is 13.1 Å². The van der Waals surface area contributed by atoms with Crippen LogP contribution in [0.5, 0.6) is 0 Å². The van der Waals surface area contributed by atoms with E-state index in [4.69, 9.17) is 15.3 Å². The standard InChI is InChI=1S/C13H16N2O5S/c14-12(17)8-2-1-5-15(6-8)10(16)7-21-11-4-3-9(20-11)13(18)19/h3-4,8H,1-2,5-7H2,(H2,14,17)(H,18,19). The van der Waals surface area contributed by atoms with Crippen molar-refractivity contribution in [3.8, 4) is 0 Å². The van der Waals surface area contributed by atoms with Gasteiger partial charge in [0.1, 0.15) is 0 Å². The number of primary amides is 1. The predicted molar refractivity (Wildman–Crippen MR) is 74.9 cm³/mol. The molecule has 0 aromatic carbocycles. The molecule has 1 atom stereocenters. The lowest BCUT2D eigenvalue weighted by Gasteiger charge is -2.31. The first-order valence-electron chi connectivity index (χ1n) is 6.50. The zero-order valence-electron chi connectivity index (χ0n) is 11.3. The number of thioether (sulfide) groups is 1. The lowest BCUT2D eigenvalue weighted by Crippen LogP contribution is -2.44. The zero-order valence-corrected chi connectivity index (χ0v) is 12.1. The molecular formula is C13H16N2O5S. The molecule has 1 saturated heterocycles. The summed E-state index contributed by atoms with van der Waals surface area (Å²) >= 11 is 1.13. The molecule has 3 N–H and O–H groups in total. The van der Waals surface area contributed by atoms with E-state index in [1.165, 1.54) is 12.1 Å². The monoisotopic (exact) mass is 312 g/mol. The van der Waals surface area contributed by atoms with Crippen LogP contribution in [0.3, 0.4) is 0 Å². The minimum Gasteiger partial charge on any atom is -0.475 e. The fourth-order valence-electron chi connectivity index (χ4n) is 2.17. The van der Waals surface area contributed by atoms with Gasteiger partial charge in [0.15, 0.2) is 5.09 Å². The number of nitrogens with zero attached hydrogens (tertiary/aromatic N) is 1. The van der Waals surface area contributed by atoms with E-state index in [-0.39, 0.29) is 29.2 Å². The van der Waals surface area contributed by atoms with Crippen molar-refractivity contribution in [2.75, 3.05) is 18.8 Å². The van der Waals surface area contributed by atoms with Gasteiger partial charge in [0.05, 0.1) is 11.7 Å². The number of hydrogen-bond donors (Lipinski definition) is 2. The number of rotatable bonds is 5. The van der Waals surface area contributed by atoms with E-state index >= 15 is 0 Å². The van der Waals surface area contributed by atoms with Gasteiger partial charge in [-0.15, -0.1) is 0 Å². The quantitative estimate of drug-likeness (QED) is 0.777. The van der Waals surface area contributed by atoms with Crippen LogP contribution >= 0.6 is 11.8 Å². The summed E-state index contributed by atoms with van der Waals surface area (Å²) in [6, 6.07) is 2.86. The average molecular weight is 312 g/mol. The fourth-order valence-corrected chi connectivity index (χ4v) is 2.93. The number of hydrogen-bond acceptors (Lipinski definition) is 5. The first-order chi connectivity index (χ1) is 9.97. The maximum Gasteiger partial charge on any atom is 0.371 e. The highest BCUT2D eigenvalue weighted by molar-refractivity contribution is 7.99. The number of likely N-dealkylation sites (tertiary alicyclic amines) is 1. The maximum atomic E-state index is 12.1. The van der Waals surface area contributed by atoms with Crippen LogP contribution < -0.4 is 5.73 Å². The molecule has 2 amide bonds. The highest BCUT2D eigenvalue weighted by Gasteiger charge is 2.27. The highest BCUT2D eigenvalue weighted by Crippen LogP contribution is 2.23. The summed E-state index contributed by atoms with van der Waals surface area (Å²) in [5, 5.41) is 9.12. The average Bonchev–Trinajstić information content (AvgIpc) is 2.94. The van der Waals surface area contributed by atoms with Crippen molar-refractivity contribution in [1.29, 1.82) is 0 Å². The number of carboxylic acid groups (broad SMARTS) is 1. The van der Waals surface area contributed by atoms with E-state index in [0.717, 1.165) is 18.2 Å². The Hall–Kier alpha value is -1.96. The highest BCUT2D eigenvalue weighted by atomic mass is 32.2. The van der Waals surface area contributed by atoms with Crippen LogP contribution in [0.15, 0.2) is 21.6 Å². The zero-order chi connectivity index (χ0) is 15.4. The molecule has 1 aromatic heterocycles. The van der Waals surface area contributed by atoms with Crippen LogP contribution in [-0.2, 0) is 9.59 Å². The largest absolute Gasteiger partial charge is 0.475 e. The van der Waals surface area contributed by atoms with Gasteiger partial charge in [-0.2, -0.15) is 0 Å². The molecule has 2 heterocycles. The van der Waals surface area contributed by atoms with E-state index < -0.39 is 5.97 Å². The van der Waals surface area contributed by atoms with Gasteiger partial charge in [-0.05, 0) is 25.0 Å². The van der Waals surface area contributed by atoms with E-state index in [2.05, 4.69) is 0 Å². The van der Waals surface area contributed by atoms with Gasteiger partial charge in [0.2, 0.25) is 17.6 Å². The first kappa shape index (κ1) is 15.4. The molecule has 1 aliphatic rings. The minimum absolute atomic E-state index is 0.112. The number of carboxylic acids is 1. The summed E-state index contributed by atoms with van der Waals surface area (Å²) in [5.74, 6) is -1.94. The Morgan fingerprint density at radius 2 is 2.19 bits per heavy atom. The van der Waals surface area contributed by atoms with Crippen molar-refractivity contribution in [3.63, 3.8) is 0 Å². The number of nitrogens with two attached hydrogens (primary N) is 1.